The number of nitrogens with one attached hydrogen (secondary N) is 1. The molecular formula is C21H24N2O3. The minimum atomic E-state index is -0.804. The summed E-state index contributed by atoms with van der Waals surface area (Å²) in [6, 6.07) is 8.18. The molecule has 3 atom stereocenters. The summed E-state index contributed by atoms with van der Waals surface area (Å²) in [5.41, 5.74) is 1.50. The lowest BCUT2D eigenvalue weighted by molar-refractivity contribution is -0.146. The Morgan fingerprint density at radius 1 is 1.38 bits per heavy atom. The van der Waals surface area contributed by atoms with Crippen LogP contribution in [0.5, 0.6) is 0 Å². The molecule has 2 heterocycles. The fourth-order valence-electron chi connectivity index (χ4n) is 4.26. The van der Waals surface area contributed by atoms with Gasteiger partial charge in [0.1, 0.15) is 0 Å². The van der Waals surface area contributed by atoms with Crippen LogP contribution < -0.4 is 0 Å². The largest absolute Gasteiger partial charge is 0.392 e. The molecule has 2 N–H and O–H groups in total. The number of hydrogen-bond acceptors (Lipinski definition) is 3. The van der Waals surface area contributed by atoms with Gasteiger partial charge in [0, 0.05) is 42.9 Å². The van der Waals surface area contributed by atoms with E-state index in [1.54, 1.807) is 12.0 Å². The van der Waals surface area contributed by atoms with Crippen LogP contribution in [0.1, 0.15) is 12.0 Å². The molecule has 136 valence electrons. The van der Waals surface area contributed by atoms with E-state index in [0.717, 1.165) is 11.9 Å². The summed E-state index contributed by atoms with van der Waals surface area (Å²) in [7, 11) is 1.60. The van der Waals surface area contributed by atoms with E-state index in [9.17, 15) is 9.90 Å². The van der Waals surface area contributed by atoms with E-state index >= 15 is 0 Å². The molecule has 1 amide bonds. The Morgan fingerprint density at radius 3 is 3.08 bits per heavy atom. The number of carbonyl (C=O) groups is 1. The van der Waals surface area contributed by atoms with Gasteiger partial charge < -0.3 is 19.7 Å². The van der Waals surface area contributed by atoms with Crippen LogP contribution >= 0.6 is 0 Å². The lowest BCUT2D eigenvalue weighted by atomic mass is 9.67. The summed E-state index contributed by atoms with van der Waals surface area (Å²) >= 11 is 0. The van der Waals surface area contributed by atoms with Gasteiger partial charge in [-0.2, -0.15) is 0 Å². The summed E-state index contributed by atoms with van der Waals surface area (Å²) in [5.74, 6) is -0.231. The molecule has 5 nitrogen and oxygen atoms in total. The molecule has 0 bridgehead atoms. The Morgan fingerprint density at radius 2 is 2.23 bits per heavy atom. The van der Waals surface area contributed by atoms with E-state index in [1.165, 1.54) is 10.9 Å². The number of aromatic amines is 1. The van der Waals surface area contributed by atoms with E-state index in [1.807, 2.05) is 42.8 Å². The number of carbonyl (C=O) groups excluding carboxylic acids is 1. The van der Waals surface area contributed by atoms with Crippen molar-refractivity contribution in [2.45, 2.75) is 18.9 Å². The molecule has 0 radical (unpaired) electrons. The van der Waals surface area contributed by atoms with Gasteiger partial charge in [-0.1, -0.05) is 36.4 Å². The topological polar surface area (TPSA) is 65.6 Å². The summed E-state index contributed by atoms with van der Waals surface area (Å²) in [6.45, 7) is 0.872. The second-order valence-electron chi connectivity index (χ2n) is 7.15. The number of hydrogen-bond donors (Lipinski definition) is 2. The average molecular weight is 352 g/mol. The molecule has 1 aromatic heterocycles. The predicted molar refractivity (Wildman–Crippen MR) is 100 cm³/mol. The molecule has 0 saturated carbocycles. The van der Waals surface area contributed by atoms with Gasteiger partial charge in [-0.25, -0.2) is 0 Å². The number of aliphatic hydroxyl groups excluding tert-OH is 1. The van der Waals surface area contributed by atoms with Crippen molar-refractivity contribution in [2.75, 3.05) is 20.3 Å². The molecule has 26 heavy (non-hydrogen) atoms. The molecule has 2 aromatic rings. The maximum Gasteiger partial charge on any atom is 0.239 e. The zero-order valence-corrected chi connectivity index (χ0v) is 14.9. The Bertz CT molecular complexity index is 869. The second-order valence-corrected chi connectivity index (χ2v) is 7.15. The van der Waals surface area contributed by atoms with Crippen molar-refractivity contribution in [2.24, 2.45) is 11.3 Å². The standard InChI is InChI=1S/C21H24N2O3/c1-26-14-21-10-4-7-19(24)17(21)9-12-23(20(21)25)11-8-15-13-22-18-6-3-2-5-16(15)18/h2-6,9-10,12-13,17,19,22,24H,7-8,11,14H2,1H3/t17-,19-,21-/m1/s1. The highest BCUT2D eigenvalue weighted by Crippen LogP contribution is 2.42. The Balaban J connectivity index is 1.57. The smallest absolute Gasteiger partial charge is 0.239 e. The number of nitrogens with zero attached hydrogens (tertiary/aromatic N) is 1. The molecule has 0 unspecified atom stereocenters. The van der Waals surface area contributed by atoms with Crippen LogP contribution in [0.3, 0.4) is 0 Å². The first kappa shape index (κ1) is 17.1. The van der Waals surface area contributed by atoms with Crippen molar-refractivity contribution < 1.29 is 14.6 Å². The maximum absolute atomic E-state index is 13.3. The lowest BCUT2D eigenvalue weighted by Gasteiger charge is -2.45. The van der Waals surface area contributed by atoms with Crippen LogP contribution in [-0.4, -0.2) is 47.3 Å². The molecule has 5 heteroatoms. The first-order valence-electron chi connectivity index (χ1n) is 9.05. The quantitative estimate of drug-likeness (QED) is 0.813. The highest BCUT2D eigenvalue weighted by molar-refractivity contribution is 5.88. The summed E-state index contributed by atoms with van der Waals surface area (Å²) in [5, 5.41) is 11.6. The maximum atomic E-state index is 13.3. The van der Waals surface area contributed by atoms with E-state index < -0.39 is 11.5 Å². The van der Waals surface area contributed by atoms with E-state index in [4.69, 9.17) is 4.74 Å². The van der Waals surface area contributed by atoms with Gasteiger partial charge in [-0.15, -0.1) is 0 Å². The third kappa shape index (κ3) is 2.68. The van der Waals surface area contributed by atoms with Gasteiger partial charge in [-0.3, -0.25) is 4.79 Å². The molecule has 4 rings (SSSR count). The van der Waals surface area contributed by atoms with Crippen LogP contribution in [-0.2, 0) is 16.0 Å². The summed E-state index contributed by atoms with van der Waals surface area (Å²) in [4.78, 5) is 18.3. The molecule has 1 aliphatic heterocycles. The van der Waals surface area contributed by atoms with Gasteiger partial charge in [0.25, 0.3) is 0 Å². The number of methoxy groups -OCH3 is 1. The van der Waals surface area contributed by atoms with E-state index in [0.29, 0.717) is 13.0 Å². The first-order valence-corrected chi connectivity index (χ1v) is 9.05. The third-order valence-electron chi connectivity index (χ3n) is 5.61. The SMILES string of the molecule is COC[C@]12C=CC[C@@H](O)[C@H]1C=CN(CCc1c[nH]c3ccccc13)C2=O. The Hall–Kier alpha value is -2.37. The zero-order chi connectivity index (χ0) is 18.1. The van der Waals surface area contributed by atoms with Gasteiger partial charge in [0.05, 0.1) is 18.1 Å². The molecule has 0 saturated heterocycles. The highest BCUT2D eigenvalue weighted by atomic mass is 16.5. The number of rotatable bonds is 5. The van der Waals surface area contributed by atoms with Crippen LogP contribution in [0.2, 0.25) is 0 Å². The van der Waals surface area contributed by atoms with Crippen molar-refractivity contribution in [3.63, 3.8) is 0 Å². The van der Waals surface area contributed by atoms with Crippen molar-refractivity contribution in [1.29, 1.82) is 0 Å². The number of benzene rings is 1. The molecule has 0 fully saturated rings. The molecule has 1 aromatic carbocycles. The predicted octanol–water partition coefficient (Wildman–Crippen LogP) is 2.64. The highest BCUT2D eigenvalue weighted by Gasteiger charge is 2.50. The fraction of sp³-hybridized carbons (Fsp3) is 0.381. The zero-order valence-electron chi connectivity index (χ0n) is 14.9. The van der Waals surface area contributed by atoms with E-state index in [-0.39, 0.29) is 18.4 Å². The normalized spacial score (nSPS) is 27.9. The monoisotopic (exact) mass is 352 g/mol. The Kier molecular flexibility index (Phi) is 4.42. The number of aliphatic hydroxyl groups is 1. The summed E-state index contributed by atoms with van der Waals surface area (Å²) < 4.78 is 5.37. The average Bonchev–Trinajstić information content (AvgIpc) is 3.06. The number of amides is 1. The third-order valence-corrected chi connectivity index (χ3v) is 5.61. The van der Waals surface area contributed by atoms with Crippen molar-refractivity contribution >= 4 is 16.8 Å². The Labute approximate surface area is 153 Å². The second kappa shape index (κ2) is 6.74. The molecule has 2 aliphatic rings. The number of fused-ring (bicyclic) bond motifs is 2. The van der Waals surface area contributed by atoms with Gasteiger partial charge in [0.2, 0.25) is 5.91 Å². The van der Waals surface area contributed by atoms with Crippen LogP contribution in [0.15, 0.2) is 54.9 Å². The number of ether oxygens (including phenoxy) is 1. The molecule has 0 spiro atoms. The summed E-state index contributed by atoms with van der Waals surface area (Å²) in [6.07, 6.45) is 10.4. The van der Waals surface area contributed by atoms with Crippen molar-refractivity contribution in [1.82, 2.24) is 9.88 Å². The van der Waals surface area contributed by atoms with Crippen molar-refractivity contribution in [3.8, 4) is 0 Å². The minimum Gasteiger partial charge on any atom is -0.392 e. The first-order chi connectivity index (χ1) is 12.7. The molecule has 1 aliphatic carbocycles. The number of para-hydroxylation sites is 1. The molecular weight excluding hydrogens is 328 g/mol. The van der Waals surface area contributed by atoms with Crippen LogP contribution in [0.4, 0.5) is 0 Å². The van der Waals surface area contributed by atoms with Gasteiger partial charge >= 0.3 is 0 Å². The van der Waals surface area contributed by atoms with Gasteiger partial charge in [-0.05, 0) is 24.5 Å². The minimum absolute atomic E-state index is 0.00157. The number of H-pyrrole nitrogens is 1. The van der Waals surface area contributed by atoms with Crippen molar-refractivity contribution in [3.05, 3.63) is 60.5 Å². The van der Waals surface area contributed by atoms with Gasteiger partial charge in [0.15, 0.2) is 0 Å². The number of aromatic nitrogens is 1. The van der Waals surface area contributed by atoms with Crippen LogP contribution in [0, 0.1) is 11.3 Å². The van der Waals surface area contributed by atoms with Crippen LogP contribution in [0.25, 0.3) is 10.9 Å². The lowest BCUT2D eigenvalue weighted by Crippen LogP contribution is -2.54. The van der Waals surface area contributed by atoms with E-state index in [2.05, 4.69) is 17.1 Å². The fourth-order valence-corrected chi connectivity index (χ4v) is 4.26.